The molecule has 5 heteroatoms. The van der Waals surface area contributed by atoms with Crippen LogP contribution in [0.15, 0.2) is 12.1 Å². The average Bonchev–Trinajstić information content (AvgIpc) is 2.32. The van der Waals surface area contributed by atoms with Gasteiger partial charge in [0.15, 0.2) is 0 Å². The number of carbonyl (C=O) groups excluding carboxylic acids is 1. The Labute approximate surface area is 118 Å². The van der Waals surface area contributed by atoms with E-state index in [0.717, 1.165) is 11.1 Å². The van der Waals surface area contributed by atoms with E-state index in [-0.39, 0.29) is 12.5 Å². The van der Waals surface area contributed by atoms with Crippen LogP contribution in [0.3, 0.4) is 0 Å². The molecule has 4 nitrogen and oxygen atoms in total. The van der Waals surface area contributed by atoms with Gasteiger partial charge in [-0.15, -0.1) is 0 Å². The number of carbonyl (C=O) groups is 2. The number of benzene rings is 1. The molecule has 0 unspecified atom stereocenters. The second-order valence-electron chi connectivity index (χ2n) is 4.54. The number of rotatable bonds is 5. The molecule has 1 amide bonds. The highest BCUT2D eigenvalue weighted by atomic mass is 35.5. The molecule has 0 radical (unpaired) electrons. The van der Waals surface area contributed by atoms with Gasteiger partial charge in [-0.1, -0.05) is 18.5 Å². The summed E-state index contributed by atoms with van der Waals surface area (Å²) in [6.45, 7) is 5.79. The van der Waals surface area contributed by atoms with E-state index in [2.05, 4.69) is 0 Å². The number of carboxylic acids is 1. The van der Waals surface area contributed by atoms with Crippen molar-refractivity contribution < 1.29 is 14.7 Å². The molecule has 0 spiro atoms. The van der Waals surface area contributed by atoms with Gasteiger partial charge in [-0.3, -0.25) is 9.59 Å². The SMILES string of the molecule is CCCN(CC(=O)O)C(=O)c1cc(C)c(C)cc1Cl. The Morgan fingerprint density at radius 3 is 2.37 bits per heavy atom. The number of amides is 1. The van der Waals surface area contributed by atoms with Gasteiger partial charge in [-0.2, -0.15) is 0 Å². The summed E-state index contributed by atoms with van der Waals surface area (Å²) in [7, 11) is 0. The largest absolute Gasteiger partial charge is 0.480 e. The zero-order valence-corrected chi connectivity index (χ0v) is 12.1. The highest BCUT2D eigenvalue weighted by Crippen LogP contribution is 2.22. The predicted molar refractivity (Wildman–Crippen MR) is 74.8 cm³/mol. The van der Waals surface area contributed by atoms with Gasteiger partial charge < -0.3 is 10.0 Å². The lowest BCUT2D eigenvalue weighted by molar-refractivity contribution is -0.137. The van der Waals surface area contributed by atoms with Crippen molar-refractivity contribution in [3.63, 3.8) is 0 Å². The average molecular weight is 284 g/mol. The summed E-state index contributed by atoms with van der Waals surface area (Å²) in [5, 5.41) is 9.21. The molecule has 0 fully saturated rings. The minimum absolute atomic E-state index is 0.310. The first-order chi connectivity index (χ1) is 8.86. The lowest BCUT2D eigenvalue weighted by Crippen LogP contribution is -2.36. The number of nitrogens with zero attached hydrogens (tertiary/aromatic N) is 1. The van der Waals surface area contributed by atoms with Crippen molar-refractivity contribution in [2.45, 2.75) is 27.2 Å². The van der Waals surface area contributed by atoms with Crippen LogP contribution >= 0.6 is 11.6 Å². The second kappa shape index (κ2) is 6.57. The quantitative estimate of drug-likeness (QED) is 0.904. The van der Waals surface area contributed by atoms with Crippen LogP contribution in [0.5, 0.6) is 0 Å². The van der Waals surface area contributed by atoms with Crippen LogP contribution in [-0.2, 0) is 4.79 Å². The molecule has 0 saturated heterocycles. The van der Waals surface area contributed by atoms with E-state index in [9.17, 15) is 9.59 Å². The van der Waals surface area contributed by atoms with Crippen molar-refractivity contribution in [3.8, 4) is 0 Å². The van der Waals surface area contributed by atoms with E-state index in [1.54, 1.807) is 12.1 Å². The Bertz CT molecular complexity index is 500. The second-order valence-corrected chi connectivity index (χ2v) is 4.94. The standard InChI is InChI=1S/C14H18ClNO3/c1-4-5-16(8-13(17)18)14(19)11-6-9(2)10(3)7-12(11)15/h6-7H,4-5,8H2,1-3H3,(H,17,18). The highest BCUT2D eigenvalue weighted by molar-refractivity contribution is 6.34. The van der Waals surface area contributed by atoms with Crippen LogP contribution in [-0.4, -0.2) is 35.0 Å². The van der Waals surface area contributed by atoms with Crippen LogP contribution in [0.1, 0.15) is 34.8 Å². The fourth-order valence-corrected chi connectivity index (χ4v) is 2.10. The normalized spacial score (nSPS) is 10.3. The topological polar surface area (TPSA) is 57.6 Å². The first kappa shape index (κ1) is 15.5. The third-order valence-electron chi connectivity index (χ3n) is 2.92. The van der Waals surface area contributed by atoms with E-state index in [1.807, 2.05) is 20.8 Å². The Hall–Kier alpha value is -1.55. The Kier molecular flexibility index (Phi) is 5.36. The van der Waals surface area contributed by atoms with E-state index >= 15 is 0 Å². The Morgan fingerprint density at radius 1 is 1.26 bits per heavy atom. The van der Waals surface area contributed by atoms with Crippen molar-refractivity contribution in [1.29, 1.82) is 0 Å². The molecule has 1 rings (SSSR count). The molecule has 0 aliphatic heterocycles. The van der Waals surface area contributed by atoms with Crippen LogP contribution in [0.25, 0.3) is 0 Å². The van der Waals surface area contributed by atoms with Gasteiger partial charge in [0.05, 0.1) is 10.6 Å². The van der Waals surface area contributed by atoms with Gasteiger partial charge in [0.25, 0.3) is 5.91 Å². The fraction of sp³-hybridized carbons (Fsp3) is 0.429. The van der Waals surface area contributed by atoms with Gasteiger partial charge in [0, 0.05) is 6.54 Å². The summed E-state index contributed by atoms with van der Waals surface area (Å²) in [6.07, 6.45) is 0.696. The van der Waals surface area contributed by atoms with Crippen molar-refractivity contribution in [2.75, 3.05) is 13.1 Å². The minimum Gasteiger partial charge on any atom is -0.480 e. The fourth-order valence-electron chi connectivity index (χ4n) is 1.80. The molecule has 0 atom stereocenters. The molecule has 0 aliphatic carbocycles. The number of halogens is 1. The summed E-state index contributed by atoms with van der Waals surface area (Å²) in [5.74, 6) is -1.36. The summed E-state index contributed by atoms with van der Waals surface area (Å²) in [5.41, 5.74) is 2.32. The molecule has 1 N–H and O–H groups in total. The van der Waals surface area contributed by atoms with Gasteiger partial charge in [0.2, 0.25) is 0 Å². The monoisotopic (exact) mass is 283 g/mol. The minimum atomic E-state index is -1.03. The summed E-state index contributed by atoms with van der Waals surface area (Å²) in [6, 6.07) is 3.44. The molecule has 0 saturated carbocycles. The lowest BCUT2D eigenvalue weighted by Gasteiger charge is -2.21. The maximum absolute atomic E-state index is 12.3. The van der Waals surface area contributed by atoms with Crippen molar-refractivity contribution in [2.24, 2.45) is 0 Å². The molecule has 104 valence electrons. The van der Waals surface area contributed by atoms with Gasteiger partial charge in [-0.05, 0) is 43.5 Å². The van der Waals surface area contributed by atoms with Crippen molar-refractivity contribution in [3.05, 3.63) is 33.8 Å². The molecule has 1 aromatic rings. The number of hydrogen-bond acceptors (Lipinski definition) is 2. The molecular weight excluding hydrogens is 266 g/mol. The van der Waals surface area contributed by atoms with Crippen molar-refractivity contribution in [1.82, 2.24) is 4.90 Å². The van der Waals surface area contributed by atoms with Gasteiger partial charge in [-0.25, -0.2) is 0 Å². The molecular formula is C14H18ClNO3. The molecule has 0 bridgehead atoms. The maximum atomic E-state index is 12.3. The van der Waals surface area contributed by atoms with E-state index in [0.29, 0.717) is 23.6 Å². The van der Waals surface area contributed by atoms with E-state index < -0.39 is 5.97 Å². The number of carboxylic acid groups (broad SMARTS) is 1. The zero-order chi connectivity index (χ0) is 14.6. The Morgan fingerprint density at radius 2 is 1.84 bits per heavy atom. The first-order valence-electron chi connectivity index (χ1n) is 6.14. The Balaban J connectivity index is 3.08. The van der Waals surface area contributed by atoms with E-state index in [1.165, 1.54) is 4.90 Å². The maximum Gasteiger partial charge on any atom is 0.323 e. The highest BCUT2D eigenvalue weighted by Gasteiger charge is 2.20. The molecule has 0 aromatic heterocycles. The van der Waals surface area contributed by atoms with Gasteiger partial charge in [0.1, 0.15) is 6.54 Å². The molecule has 1 aromatic carbocycles. The third kappa shape index (κ3) is 3.96. The number of hydrogen-bond donors (Lipinski definition) is 1. The lowest BCUT2D eigenvalue weighted by atomic mass is 10.1. The molecule has 19 heavy (non-hydrogen) atoms. The van der Waals surface area contributed by atoms with Crippen LogP contribution in [0.4, 0.5) is 0 Å². The predicted octanol–water partition coefficient (Wildman–Crippen LogP) is 2.89. The summed E-state index contributed by atoms with van der Waals surface area (Å²) >= 11 is 6.08. The third-order valence-corrected chi connectivity index (χ3v) is 3.23. The summed E-state index contributed by atoms with van der Waals surface area (Å²) < 4.78 is 0. The number of aryl methyl sites for hydroxylation is 2. The smallest absolute Gasteiger partial charge is 0.323 e. The van der Waals surface area contributed by atoms with Crippen LogP contribution in [0.2, 0.25) is 5.02 Å². The summed E-state index contributed by atoms with van der Waals surface area (Å²) in [4.78, 5) is 24.4. The van der Waals surface area contributed by atoms with E-state index in [4.69, 9.17) is 16.7 Å². The van der Waals surface area contributed by atoms with Crippen LogP contribution < -0.4 is 0 Å². The van der Waals surface area contributed by atoms with Gasteiger partial charge >= 0.3 is 5.97 Å². The first-order valence-corrected chi connectivity index (χ1v) is 6.52. The van der Waals surface area contributed by atoms with Crippen LogP contribution in [0, 0.1) is 13.8 Å². The zero-order valence-electron chi connectivity index (χ0n) is 11.4. The van der Waals surface area contributed by atoms with Crippen molar-refractivity contribution >= 4 is 23.5 Å². The number of aliphatic carboxylic acids is 1. The molecule has 0 heterocycles. The molecule has 0 aliphatic rings.